The molecule has 1 N–H and O–H groups in total. The molecule has 0 saturated heterocycles. The molecule has 0 spiro atoms. The molecule has 0 bridgehead atoms. The molecule has 0 aliphatic carbocycles. The van der Waals surface area contributed by atoms with Crippen molar-refractivity contribution in [1.82, 2.24) is 5.32 Å². The van der Waals surface area contributed by atoms with E-state index in [1.807, 2.05) is 0 Å². The molecule has 90 valence electrons. The molecule has 0 unspecified atom stereocenters. The number of rotatable bonds is 7. The van der Waals surface area contributed by atoms with Crippen molar-refractivity contribution in [2.24, 2.45) is 0 Å². The Labute approximate surface area is 96.8 Å². The van der Waals surface area contributed by atoms with Crippen LogP contribution < -0.4 is 5.32 Å². The Balaban J connectivity index is 2.24. The van der Waals surface area contributed by atoms with Gasteiger partial charge in [0.1, 0.15) is 5.82 Å². The van der Waals surface area contributed by atoms with Crippen LogP contribution in [0.25, 0.3) is 0 Å². The van der Waals surface area contributed by atoms with Crippen LogP contribution in [-0.2, 0) is 4.74 Å². The lowest BCUT2D eigenvalue weighted by Crippen LogP contribution is -2.23. The highest BCUT2D eigenvalue weighted by Crippen LogP contribution is 2.12. The fraction of sp³-hybridized carbons (Fsp3) is 0.538. The van der Waals surface area contributed by atoms with Crippen molar-refractivity contribution in [3.05, 3.63) is 35.6 Å². The average Bonchev–Trinajstić information content (AvgIpc) is 2.29. The van der Waals surface area contributed by atoms with Crippen molar-refractivity contribution in [3.8, 4) is 0 Å². The Morgan fingerprint density at radius 2 is 1.94 bits per heavy atom. The summed E-state index contributed by atoms with van der Waals surface area (Å²) in [6.07, 6.45) is 1.05. The molecule has 2 nitrogen and oxygen atoms in total. The molecule has 0 fully saturated rings. The van der Waals surface area contributed by atoms with E-state index >= 15 is 0 Å². The average molecular weight is 225 g/mol. The van der Waals surface area contributed by atoms with Gasteiger partial charge in [0.2, 0.25) is 0 Å². The van der Waals surface area contributed by atoms with Gasteiger partial charge in [-0.05, 0) is 31.0 Å². The predicted molar refractivity (Wildman–Crippen MR) is 63.9 cm³/mol. The SMILES string of the molecule is CCCOCCN[C@@H](C)c1ccc(F)cc1. The minimum absolute atomic E-state index is 0.192. The first-order valence-electron chi connectivity index (χ1n) is 5.80. The van der Waals surface area contributed by atoms with Gasteiger partial charge in [0, 0.05) is 19.2 Å². The molecule has 3 heteroatoms. The number of halogens is 1. The van der Waals surface area contributed by atoms with Crippen LogP contribution in [0, 0.1) is 5.82 Å². The van der Waals surface area contributed by atoms with Gasteiger partial charge in [-0.25, -0.2) is 4.39 Å². The van der Waals surface area contributed by atoms with Gasteiger partial charge < -0.3 is 10.1 Å². The second-order valence-corrected chi connectivity index (χ2v) is 3.84. The Kier molecular flexibility index (Phi) is 6.04. The van der Waals surface area contributed by atoms with Crippen molar-refractivity contribution in [2.45, 2.75) is 26.3 Å². The van der Waals surface area contributed by atoms with Crippen LogP contribution in [0.15, 0.2) is 24.3 Å². The van der Waals surface area contributed by atoms with Crippen LogP contribution in [0.4, 0.5) is 4.39 Å². The third-order valence-electron chi connectivity index (χ3n) is 2.42. The smallest absolute Gasteiger partial charge is 0.123 e. The molecule has 0 amide bonds. The summed E-state index contributed by atoms with van der Waals surface area (Å²) in [5.74, 6) is -0.192. The zero-order valence-corrected chi connectivity index (χ0v) is 10.0. The molecule has 0 saturated carbocycles. The molecule has 0 aromatic heterocycles. The summed E-state index contributed by atoms with van der Waals surface area (Å²) in [6, 6.07) is 6.81. The lowest BCUT2D eigenvalue weighted by Gasteiger charge is -2.14. The summed E-state index contributed by atoms with van der Waals surface area (Å²) in [5.41, 5.74) is 1.09. The standard InChI is InChI=1S/C13H20FNO/c1-3-9-16-10-8-15-11(2)12-4-6-13(14)7-5-12/h4-7,11,15H,3,8-10H2,1-2H3/t11-/m0/s1. The largest absolute Gasteiger partial charge is 0.380 e. The van der Waals surface area contributed by atoms with Crippen LogP contribution >= 0.6 is 0 Å². The van der Waals surface area contributed by atoms with Gasteiger partial charge in [0.05, 0.1) is 6.61 Å². The summed E-state index contributed by atoms with van der Waals surface area (Å²) in [6.45, 7) is 6.51. The molecule has 0 aliphatic heterocycles. The number of hydrogen-bond acceptors (Lipinski definition) is 2. The van der Waals surface area contributed by atoms with Gasteiger partial charge in [-0.15, -0.1) is 0 Å². The third kappa shape index (κ3) is 4.73. The normalized spacial score (nSPS) is 12.7. The second-order valence-electron chi connectivity index (χ2n) is 3.84. The molecule has 1 aromatic carbocycles. The van der Waals surface area contributed by atoms with Crippen molar-refractivity contribution in [1.29, 1.82) is 0 Å². The molecule has 1 aromatic rings. The zero-order valence-electron chi connectivity index (χ0n) is 10.0. The number of nitrogens with one attached hydrogen (secondary N) is 1. The number of ether oxygens (including phenoxy) is 1. The van der Waals surface area contributed by atoms with E-state index in [0.29, 0.717) is 0 Å². The van der Waals surface area contributed by atoms with Gasteiger partial charge in [-0.3, -0.25) is 0 Å². The maximum atomic E-state index is 12.7. The van der Waals surface area contributed by atoms with Gasteiger partial charge in [0.25, 0.3) is 0 Å². The van der Waals surface area contributed by atoms with Crippen LogP contribution in [-0.4, -0.2) is 19.8 Å². The molecule has 0 radical (unpaired) electrons. The lowest BCUT2D eigenvalue weighted by molar-refractivity contribution is 0.135. The maximum Gasteiger partial charge on any atom is 0.123 e. The summed E-state index contributed by atoms with van der Waals surface area (Å²) < 4.78 is 18.1. The highest BCUT2D eigenvalue weighted by Gasteiger charge is 2.03. The van der Waals surface area contributed by atoms with Crippen LogP contribution in [0.2, 0.25) is 0 Å². The van der Waals surface area contributed by atoms with E-state index in [9.17, 15) is 4.39 Å². The van der Waals surface area contributed by atoms with Gasteiger partial charge in [0.15, 0.2) is 0 Å². The monoisotopic (exact) mass is 225 g/mol. The van der Waals surface area contributed by atoms with E-state index in [0.717, 1.165) is 31.7 Å². The Morgan fingerprint density at radius 3 is 2.56 bits per heavy atom. The summed E-state index contributed by atoms with van der Waals surface area (Å²) in [5, 5.41) is 3.33. The highest BCUT2D eigenvalue weighted by molar-refractivity contribution is 5.19. The topological polar surface area (TPSA) is 21.3 Å². The van der Waals surface area contributed by atoms with Gasteiger partial charge in [-0.2, -0.15) is 0 Å². The molecule has 0 aliphatic rings. The Morgan fingerprint density at radius 1 is 1.25 bits per heavy atom. The van der Waals surface area contributed by atoms with E-state index in [4.69, 9.17) is 4.74 Å². The number of hydrogen-bond donors (Lipinski definition) is 1. The number of benzene rings is 1. The van der Waals surface area contributed by atoms with E-state index in [2.05, 4.69) is 19.2 Å². The molecule has 16 heavy (non-hydrogen) atoms. The highest BCUT2D eigenvalue weighted by atomic mass is 19.1. The Bertz CT molecular complexity index is 286. The first-order chi connectivity index (χ1) is 7.74. The molecular weight excluding hydrogens is 205 g/mol. The minimum atomic E-state index is -0.192. The molecule has 1 atom stereocenters. The summed E-state index contributed by atoms with van der Waals surface area (Å²) >= 11 is 0. The van der Waals surface area contributed by atoms with Crippen molar-refractivity contribution >= 4 is 0 Å². The lowest BCUT2D eigenvalue weighted by atomic mass is 10.1. The summed E-state index contributed by atoms with van der Waals surface area (Å²) in [4.78, 5) is 0. The van der Waals surface area contributed by atoms with Crippen molar-refractivity contribution in [2.75, 3.05) is 19.8 Å². The third-order valence-corrected chi connectivity index (χ3v) is 2.42. The zero-order chi connectivity index (χ0) is 11.8. The quantitative estimate of drug-likeness (QED) is 0.720. The fourth-order valence-electron chi connectivity index (χ4n) is 1.46. The van der Waals surface area contributed by atoms with E-state index in [1.54, 1.807) is 12.1 Å². The van der Waals surface area contributed by atoms with Gasteiger partial charge >= 0.3 is 0 Å². The van der Waals surface area contributed by atoms with E-state index in [-0.39, 0.29) is 11.9 Å². The van der Waals surface area contributed by atoms with Crippen LogP contribution in [0.5, 0.6) is 0 Å². The molecule has 1 rings (SSSR count). The van der Waals surface area contributed by atoms with Gasteiger partial charge in [-0.1, -0.05) is 19.1 Å². The van der Waals surface area contributed by atoms with E-state index < -0.39 is 0 Å². The molecule has 0 heterocycles. The molecular formula is C13H20FNO. The second kappa shape index (κ2) is 7.36. The minimum Gasteiger partial charge on any atom is -0.380 e. The first-order valence-corrected chi connectivity index (χ1v) is 5.80. The fourth-order valence-corrected chi connectivity index (χ4v) is 1.46. The Hall–Kier alpha value is -0.930. The van der Waals surface area contributed by atoms with Crippen molar-refractivity contribution in [3.63, 3.8) is 0 Å². The summed E-state index contributed by atoms with van der Waals surface area (Å²) in [7, 11) is 0. The van der Waals surface area contributed by atoms with Crippen LogP contribution in [0.1, 0.15) is 31.9 Å². The van der Waals surface area contributed by atoms with Crippen LogP contribution in [0.3, 0.4) is 0 Å². The first kappa shape index (κ1) is 13.1. The van der Waals surface area contributed by atoms with Crippen molar-refractivity contribution < 1.29 is 9.13 Å². The van der Waals surface area contributed by atoms with E-state index in [1.165, 1.54) is 12.1 Å². The predicted octanol–water partition coefficient (Wildman–Crippen LogP) is 2.90. The maximum absolute atomic E-state index is 12.7.